The van der Waals surface area contributed by atoms with Crippen LogP contribution in [0, 0.1) is 0 Å². The molecule has 0 bridgehead atoms. The summed E-state index contributed by atoms with van der Waals surface area (Å²) in [7, 11) is 1.75. The van der Waals surface area contributed by atoms with E-state index in [1.165, 1.54) is 12.8 Å². The zero-order valence-electron chi connectivity index (χ0n) is 8.29. The number of hydrogen-bond acceptors (Lipinski definition) is 2. The molecule has 0 saturated carbocycles. The van der Waals surface area contributed by atoms with Crippen LogP contribution in [0.25, 0.3) is 0 Å². The second-order valence-electron chi connectivity index (χ2n) is 3.56. The van der Waals surface area contributed by atoms with Crippen LogP contribution in [0.2, 0.25) is 0 Å². The molecule has 0 aromatic carbocycles. The molecule has 1 heterocycles. The lowest BCUT2D eigenvalue weighted by molar-refractivity contribution is 0.198. The molecule has 1 aliphatic heterocycles. The summed E-state index contributed by atoms with van der Waals surface area (Å²) < 4.78 is 0. The average Bonchev–Trinajstić information content (AvgIpc) is 2.51. The first-order valence-electron chi connectivity index (χ1n) is 4.79. The molecule has 1 unspecified atom stereocenters. The van der Waals surface area contributed by atoms with Crippen LogP contribution >= 0.6 is 11.6 Å². The fourth-order valence-corrected chi connectivity index (χ4v) is 1.98. The van der Waals surface area contributed by atoms with Gasteiger partial charge in [-0.1, -0.05) is 6.92 Å². The highest BCUT2D eigenvalue weighted by molar-refractivity contribution is 6.62. The normalized spacial score (nSPS) is 23.5. The Kier molecular flexibility index (Phi) is 4.00. The number of carbonyl (C=O) groups excluding carboxylic acids is 1. The molecular formula is C9H17ClN2O. The molecule has 3 nitrogen and oxygen atoms in total. The second kappa shape index (κ2) is 4.82. The maximum atomic E-state index is 10.8. The minimum Gasteiger partial charge on any atom is -0.331 e. The second-order valence-corrected chi connectivity index (χ2v) is 3.88. The van der Waals surface area contributed by atoms with Crippen molar-refractivity contribution in [1.29, 1.82) is 0 Å². The SMILES string of the molecule is CCN1CCCC1CN(C)C(=O)Cl. The summed E-state index contributed by atoms with van der Waals surface area (Å²) in [4.78, 5) is 14.8. The quantitative estimate of drug-likeness (QED) is 0.517. The smallest absolute Gasteiger partial charge is 0.316 e. The van der Waals surface area contributed by atoms with Gasteiger partial charge in [0.25, 0.3) is 0 Å². The predicted octanol–water partition coefficient (Wildman–Crippen LogP) is 1.76. The lowest BCUT2D eigenvalue weighted by Crippen LogP contribution is -2.39. The topological polar surface area (TPSA) is 23.6 Å². The van der Waals surface area contributed by atoms with Crippen molar-refractivity contribution in [1.82, 2.24) is 9.80 Å². The summed E-state index contributed by atoms with van der Waals surface area (Å²) in [6.45, 7) is 5.14. The Hall–Kier alpha value is -0.280. The van der Waals surface area contributed by atoms with Crippen LogP contribution in [0.4, 0.5) is 4.79 Å². The zero-order chi connectivity index (χ0) is 9.84. The summed E-state index contributed by atoms with van der Waals surface area (Å²) >= 11 is 5.37. The van der Waals surface area contributed by atoms with E-state index in [-0.39, 0.29) is 5.37 Å². The molecule has 1 amide bonds. The van der Waals surface area contributed by atoms with Crippen LogP contribution in [-0.2, 0) is 0 Å². The molecule has 0 aliphatic carbocycles. The summed E-state index contributed by atoms with van der Waals surface area (Å²) in [5, 5.41) is -0.358. The molecule has 1 aliphatic rings. The predicted molar refractivity (Wildman–Crippen MR) is 54.1 cm³/mol. The van der Waals surface area contributed by atoms with E-state index in [4.69, 9.17) is 11.6 Å². The maximum Gasteiger partial charge on any atom is 0.316 e. The number of carbonyl (C=O) groups is 1. The van der Waals surface area contributed by atoms with Gasteiger partial charge in [0.05, 0.1) is 0 Å². The molecule has 13 heavy (non-hydrogen) atoms. The first-order valence-corrected chi connectivity index (χ1v) is 5.17. The van der Waals surface area contributed by atoms with Gasteiger partial charge in [0.2, 0.25) is 0 Å². The number of amides is 1. The van der Waals surface area contributed by atoms with E-state index in [0.717, 1.165) is 19.6 Å². The third-order valence-electron chi connectivity index (χ3n) is 2.69. The molecule has 1 atom stereocenters. The molecule has 1 saturated heterocycles. The van der Waals surface area contributed by atoms with Crippen LogP contribution in [0.1, 0.15) is 19.8 Å². The van der Waals surface area contributed by atoms with Gasteiger partial charge in [-0.3, -0.25) is 9.69 Å². The number of nitrogens with zero attached hydrogens (tertiary/aromatic N) is 2. The zero-order valence-corrected chi connectivity index (χ0v) is 9.05. The number of likely N-dealkylation sites (N-methyl/N-ethyl adjacent to an activating group) is 2. The van der Waals surface area contributed by atoms with Gasteiger partial charge in [-0.25, -0.2) is 0 Å². The third kappa shape index (κ3) is 2.85. The summed E-state index contributed by atoms with van der Waals surface area (Å²) in [6.07, 6.45) is 2.42. The van der Waals surface area contributed by atoms with E-state index in [0.29, 0.717) is 6.04 Å². The molecule has 0 aromatic rings. The van der Waals surface area contributed by atoms with Crippen molar-refractivity contribution in [3.63, 3.8) is 0 Å². The summed E-state index contributed by atoms with van der Waals surface area (Å²) in [6, 6.07) is 0.512. The molecule has 1 fully saturated rings. The van der Waals surface area contributed by atoms with Crippen LogP contribution in [0.15, 0.2) is 0 Å². The Balaban J connectivity index is 2.39. The number of hydrogen-bond donors (Lipinski definition) is 0. The Morgan fingerprint density at radius 1 is 1.69 bits per heavy atom. The fraction of sp³-hybridized carbons (Fsp3) is 0.889. The molecule has 0 radical (unpaired) electrons. The van der Waals surface area contributed by atoms with Crippen molar-refractivity contribution in [2.24, 2.45) is 0 Å². The van der Waals surface area contributed by atoms with Crippen molar-refractivity contribution in [2.75, 3.05) is 26.7 Å². The van der Waals surface area contributed by atoms with Crippen LogP contribution in [0.5, 0.6) is 0 Å². The Morgan fingerprint density at radius 2 is 2.38 bits per heavy atom. The van der Waals surface area contributed by atoms with Crippen LogP contribution in [-0.4, -0.2) is 47.9 Å². The van der Waals surface area contributed by atoms with Gasteiger partial charge in [0, 0.05) is 19.6 Å². The minimum absolute atomic E-state index is 0.358. The van der Waals surface area contributed by atoms with Gasteiger partial charge in [-0.15, -0.1) is 0 Å². The number of likely N-dealkylation sites (tertiary alicyclic amines) is 1. The van der Waals surface area contributed by atoms with Gasteiger partial charge < -0.3 is 4.90 Å². The lowest BCUT2D eigenvalue weighted by atomic mass is 10.2. The summed E-state index contributed by atoms with van der Waals surface area (Å²) in [5.74, 6) is 0. The van der Waals surface area contributed by atoms with Gasteiger partial charge >= 0.3 is 5.37 Å². The fourth-order valence-electron chi connectivity index (χ4n) is 1.91. The molecule has 0 aromatic heterocycles. The van der Waals surface area contributed by atoms with Crippen molar-refractivity contribution < 1.29 is 4.79 Å². The van der Waals surface area contributed by atoms with E-state index in [1.807, 2.05) is 0 Å². The van der Waals surface area contributed by atoms with Crippen molar-refractivity contribution >= 4 is 17.0 Å². The first-order chi connectivity index (χ1) is 6.15. The van der Waals surface area contributed by atoms with E-state index in [1.54, 1.807) is 11.9 Å². The van der Waals surface area contributed by atoms with Crippen molar-refractivity contribution in [3.05, 3.63) is 0 Å². The van der Waals surface area contributed by atoms with E-state index in [2.05, 4.69) is 11.8 Å². The number of rotatable bonds is 3. The highest BCUT2D eigenvalue weighted by Crippen LogP contribution is 2.17. The van der Waals surface area contributed by atoms with Gasteiger partial charge in [-0.2, -0.15) is 0 Å². The summed E-state index contributed by atoms with van der Waals surface area (Å²) in [5.41, 5.74) is 0. The standard InChI is InChI=1S/C9H17ClN2O/c1-3-12-6-4-5-8(12)7-11(2)9(10)13/h8H,3-7H2,1-2H3. The molecule has 0 spiro atoms. The Morgan fingerprint density at radius 3 is 2.92 bits per heavy atom. The molecule has 0 N–H and O–H groups in total. The first kappa shape index (κ1) is 10.8. The van der Waals surface area contributed by atoms with Gasteiger partial charge in [-0.05, 0) is 37.5 Å². The van der Waals surface area contributed by atoms with E-state index in [9.17, 15) is 4.79 Å². The van der Waals surface area contributed by atoms with E-state index < -0.39 is 0 Å². The molecule has 4 heteroatoms. The van der Waals surface area contributed by atoms with Crippen LogP contribution in [0.3, 0.4) is 0 Å². The van der Waals surface area contributed by atoms with Gasteiger partial charge in [0.15, 0.2) is 0 Å². The highest BCUT2D eigenvalue weighted by atomic mass is 35.5. The molecule has 1 rings (SSSR count). The third-order valence-corrected chi connectivity index (χ3v) is 2.98. The van der Waals surface area contributed by atoms with E-state index >= 15 is 0 Å². The van der Waals surface area contributed by atoms with Crippen LogP contribution < -0.4 is 0 Å². The molecule has 76 valence electrons. The largest absolute Gasteiger partial charge is 0.331 e. The number of halogens is 1. The highest BCUT2D eigenvalue weighted by Gasteiger charge is 2.24. The van der Waals surface area contributed by atoms with Gasteiger partial charge in [0.1, 0.15) is 0 Å². The minimum atomic E-state index is -0.358. The average molecular weight is 205 g/mol. The maximum absolute atomic E-state index is 10.8. The van der Waals surface area contributed by atoms with Crippen molar-refractivity contribution in [2.45, 2.75) is 25.8 Å². The Labute approximate surface area is 84.6 Å². The lowest BCUT2D eigenvalue weighted by Gasteiger charge is -2.26. The monoisotopic (exact) mass is 204 g/mol. The van der Waals surface area contributed by atoms with Crippen molar-refractivity contribution in [3.8, 4) is 0 Å². The Bertz CT molecular complexity index is 186. The molecular weight excluding hydrogens is 188 g/mol.